The van der Waals surface area contributed by atoms with Crippen molar-refractivity contribution in [3.63, 3.8) is 0 Å². The maximum Gasteiger partial charge on any atom is 2.00 e. The largest absolute Gasteiger partial charge is 2.00 e. The Morgan fingerprint density at radius 3 is 1.50 bits per heavy atom. The number of nitrogens with one attached hydrogen (secondary N) is 2. The Labute approximate surface area is 225 Å². The summed E-state index contributed by atoms with van der Waals surface area (Å²) in [5.41, 5.74) is 1.93. The number of carbonyl (C=O) groups excluding carboxylic acids is 3. The minimum atomic E-state index is -1.04. The van der Waals surface area contributed by atoms with E-state index in [0.717, 1.165) is 23.0 Å². The van der Waals surface area contributed by atoms with E-state index in [1.54, 1.807) is 0 Å². The summed E-state index contributed by atoms with van der Waals surface area (Å²) in [6, 6.07) is 14.9. The van der Waals surface area contributed by atoms with Gasteiger partial charge in [0.2, 0.25) is 11.8 Å². The molecule has 0 atom stereocenters. The van der Waals surface area contributed by atoms with Crippen LogP contribution >= 0.6 is 0 Å². The molecule has 0 aromatic heterocycles. The van der Waals surface area contributed by atoms with E-state index in [2.05, 4.69) is 10.6 Å². The van der Waals surface area contributed by atoms with Crippen molar-refractivity contribution < 1.29 is 31.5 Å². The zero-order chi connectivity index (χ0) is 24.8. The van der Waals surface area contributed by atoms with Gasteiger partial charge in [0.25, 0.3) is 0 Å². The average molecular weight is 520 g/mol. The Morgan fingerprint density at radius 2 is 1.08 bits per heavy atom. The molecule has 2 aliphatic rings. The van der Waals surface area contributed by atoms with Crippen LogP contribution in [0.25, 0.3) is 0 Å². The first-order chi connectivity index (χ1) is 16.9. The third-order valence-corrected chi connectivity index (χ3v) is 6.16. The summed E-state index contributed by atoms with van der Waals surface area (Å²) in [5, 5.41) is 5.59. The minimum absolute atomic E-state index is 0. The molecule has 6 heteroatoms. The van der Waals surface area contributed by atoms with Crippen LogP contribution in [0.2, 0.25) is 0 Å². The van der Waals surface area contributed by atoms with Crippen molar-refractivity contribution in [2.24, 2.45) is 0 Å². The van der Waals surface area contributed by atoms with Gasteiger partial charge in [-0.15, -0.1) is 0 Å². The van der Waals surface area contributed by atoms with Crippen LogP contribution < -0.4 is 10.6 Å². The van der Waals surface area contributed by atoms with Crippen molar-refractivity contribution in [1.29, 1.82) is 0 Å². The normalized spacial score (nSPS) is 16.4. The molecule has 0 heterocycles. The van der Waals surface area contributed by atoms with Gasteiger partial charge in [0, 0.05) is 37.6 Å². The molecule has 2 fully saturated rings. The molecule has 36 heavy (non-hydrogen) atoms. The minimum Gasteiger partial charge on any atom is -0.326 e. The summed E-state index contributed by atoms with van der Waals surface area (Å²) < 4.78 is 0. The molecule has 2 amide bonds. The molecule has 2 aromatic rings. The maximum atomic E-state index is 14.2. The molecule has 2 N–H and O–H groups in total. The predicted octanol–water partition coefficient (Wildman–Crippen LogP) is 5.05. The zero-order valence-electron chi connectivity index (χ0n) is 20.2. The molecule has 10 radical (unpaired) electrons. The van der Waals surface area contributed by atoms with Gasteiger partial charge in [0.15, 0.2) is 0 Å². The number of benzene rings is 2. The van der Waals surface area contributed by atoms with Crippen molar-refractivity contribution in [2.75, 3.05) is 10.6 Å². The van der Waals surface area contributed by atoms with E-state index in [4.69, 9.17) is 0 Å². The third kappa shape index (κ3) is 6.27. The van der Waals surface area contributed by atoms with Crippen molar-refractivity contribution in [1.82, 2.24) is 0 Å². The molecule has 0 bridgehead atoms. The monoisotopic (exact) mass is 520 g/mol. The second-order valence-electron chi connectivity index (χ2n) is 8.66. The second-order valence-corrected chi connectivity index (χ2v) is 8.66. The van der Waals surface area contributed by atoms with Gasteiger partial charge < -0.3 is 10.6 Å². The van der Waals surface area contributed by atoms with Crippen LogP contribution in [0.1, 0.15) is 37.8 Å². The quantitative estimate of drug-likeness (QED) is 0.455. The van der Waals surface area contributed by atoms with Gasteiger partial charge in [-0.3, -0.25) is 14.4 Å². The number of ketones is 1. The molecule has 4 rings (SSSR count). The Hall–Kier alpha value is -2.43. The fourth-order valence-electron chi connectivity index (χ4n) is 4.65. The molecule has 0 saturated heterocycles. The Morgan fingerprint density at radius 1 is 0.667 bits per heavy atom. The number of hydrogen-bond acceptors (Lipinski definition) is 3. The molecule has 2 aliphatic carbocycles. The number of rotatable bonds is 9. The average Bonchev–Trinajstić information content (AvgIpc) is 3.54. The van der Waals surface area contributed by atoms with Gasteiger partial charge in [-0.1, -0.05) is 24.3 Å². The van der Waals surface area contributed by atoms with E-state index < -0.39 is 5.41 Å². The second kappa shape index (κ2) is 12.7. The number of amides is 2. The molecule has 5 nitrogen and oxygen atoms in total. The van der Waals surface area contributed by atoms with Crippen LogP contribution in [0, 0.1) is 63.2 Å². The van der Waals surface area contributed by atoms with E-state index in [9.17, 15) is 14.4 Å². The summed E-state index contributed by atoms with van der Waals surface area (Å²) in [4.78, 5) is 37.3. The first-order valence-corrected chi connectivity index (χ1v) is 11.6. The van der Waals surface area contributed by atoms with Crippen LogP contribution in [-0.2, 0) is 36.9 Å². The molecule has 182 valence electrons. The number of hydrogen-bond donors (Lipinski definition) is 2. The molecule has 2 saturated carbocycles. The summed E-state index contributed by atoms with van der Waals surface area (Å²) in [6.07, 6.45) is 16.8. The zero-order valence-corrected chi connectivity index (χ0v) is 21.3. The van der Waals surface area contributed by atoms with Gasteiger partial charge in [-0.05, 0) is 99.1 Å². The van der Waals surface area contributed by atoms with Crippen LogP contribution in [0.5, 0.6) is 0 Å². The van der Waals surface area contributed by atoms with Crippen LogP contribution in [0.4, 0.5) is 11.4 Å². The first kappa shape index (κ1) is 28.1. The van der Waals surface area contributed by atoms with E-state index in [1.165, 1.54) is 13.8 Å². The first-order valence-electron chi connectivity index (χ1n) is 11.6. The Bertz CT molecular complexity index is 977. The van der Waals surface area contributed by atoms with Crippen molar-refractivity contribution >= 4 is 29.0 Å². The third-order valence-electron chi connectivity index (χ3n) is 6.16. The molecule has 2 aromatic carbocycles. The van der Waals surface area contributed by atoms with E-state index >= 15 is 0 Å². The predicted molar refractivity (Wildman–Crippen MR) is 137 cm³/mol. The summed E-state index contributed by atoms with van der Waals surface area (Å²) in [5.74, 6) is 1.77. The van der Waals surface area contributed by atoms with E-state index in [0.29, 0.717) is 24.2 Å². The smallest absolute Gasteiger partial charge is 0.326 e. The topological polar surface area (TPSA) is 75.3 Å². The van der Waals surface area contributed by atoms with Crippen LogP contribution in [0.3, 0.4) is 0 Å². The number of anilines is 2. The fraction of sp³-hybridized carbons (Fsp3) is 0.167. The SMILES string of the molecule is CC(=O)Nc1ccc(C([C]2[CH][CH][CH][CH]2)(C(=O)CC[C]2[CH][CH][CH][CH]2)c2ccc(NC(C)=O)cc2)cc1.[Fe+2]. The number of Topliss-reactive ketones (excluding diaryl/α,β-unsaturated/α-hetero) is 1. The van der Waals surface area contributed by atoms with Crippen LogP contribution in [0.15, 0.2) is 48.5 Å². The van der Waals surface area contributed by atoms with Gasteiger partial charge in [0.1, 0.15) is 5.78 Å². The fourth-order valence-corrected chi connectivity index (χ4v) is 4.65. The molecular weight excluding hydrogens is 492 g/mol. The Balaban J connectivity index is 0.00000361. The summed E-state index contributed by atoms with van der Waals surface area (Å²) in [6.45, 7) is 2.93. The molecule has 0 unspecified atom stereocenters. The number of carbonyl (C=O) groups is 3. The van der Waals surface area contributed by atoms with E-state index in [-0.39, 0.29) is 34.7 Å². The summed E-state index contributed by atoms with van der Waals surface area (Å²) >= 11 is 0. The van der Waals surface area contributed by atoms with E-state index in [1.807, 2.05) is 99.9 Å². The standard InChI is InChI=1S/C30H28N2O3.Fe/c1-21(33)31-27-16-12-25(13-17-27)30(24-9-5-6-10-24,29(35)20-11-23-7-3-4-8-23)26-14-18-28(19-15-26)32-22(2)34;/h3-10,12-19H,11,20H2,1-2H3,(H,31,33)(H,32,34);/q;+2. The molecule has 0 aliphatic heterocycles. The molecular formula is C30H28FeN2O3+2. The maximum absolute atomic E-state index is 14.2. The summed E-state index contributed by atoms with van der Waals surface area (Å²) in [7, 11) is 0. The van der Waals surface area contributed by atoms with Gasteiger partial charge in [0.05, 0.1) is 5.41 Å². The molecule has 0 spiro atoms. The van der Waals surface area contributed by atoms with Crippen LogP contribution in [-0.4, -0.2) is 17.6 Å². The van der Waals surface area contributed by atoms with Crippen molar-refractivity contribution in [3.05, 3.63) is 123 Å². The van der Waals surface area contributed by atoms with Gasteiger partial charge in [-0.2, -0.15) is 0 Å². The van der Waals surface area contributed by atoms with Crippen molar-refractivity contribution in [3.8, 4) is 0 Å². The van der Waals surface area contributed by atoms with Gasteiger partial charge in [-0.25, -0.2) is 0 Å². The Kier molecular flexibility index (Phi) is 9.92. The van der Waals surface area contributed by atoms with Crippen molar-refractivity contribution in [2.45, 2.75) is 32.1 Å². The van der Waals surface area contributed by atoms with Gasteiger partial charge >= 0.3 is 17.1 Å².